The molecule has 0 aliphatic rings. The highest BCUT2D eigenvalue weighted by molar-refractivity contribution is 5.80. The van der Waals surface area contributed by atoms with Crippen molar-refractivity contribution in [3.05, 3.63) is 65.5 Å². The van der Waals surface area contributed by atoms with Crippen LogP contribution in [0.15, 0.2) is 48.5 Å². The number of benzene rings is 1. The quantitative estimate of drug-likeness (QED) is 0.680. The summed E-state index contributed by atoms with van der Waals surface area (Å²) in [5, 5.41) is 11.0. The fourth-order valence-electron chi connectivity index (χ4n) is 2.84. The van der Waals surface area contributed by atoms with Gasteiger partial charge in [-0.3, -0.25) is 9.97 Å². The molecule has 0 saturated heterocycles. The molecule has 0 unspecified atom stereocenters. The molecule has 1 aromatic carbocycles. The van der Waals surface area contributed by atoms with Gasteiger partial charge in [0.25, 0.3) is 0 Å². The van der Waals surface area contributed by atoms with E-state index >= 15 is 0 Å². The predicted molar refractivity (Wildman–Crippen MR) is 103 cm³/mol. The van der Waals surface area contributed by atoms with Crippen LogP contribution in [-0.2, 0) is 5.41 Å². The normalized spacial score (nSPS) is 11.6. The number of nitrogens with zero attached hydrogens (tertiary/aromatic N) is 2. The number of phenolic OH excluding ortho intramolecular Hbond substituents is 1. The van der Waals surface area contributed by atoms with Crippen molar-refractivity contribution < 1.29 is 5.11 Å². The molecule has 3 nitrogen and oxygen atoms in total. The molecule has 0 aliphatic carbocycles. The number of aromatic nitrogens is 2. The molecule has 3 rings (SSSR count). The van der Waals surface area contributed by atoms with E-state index in [4.69, 9.17) is 0 Å². The van der Waals surface area contributed by atoms with Crippen LogP contribution < -0.4 is 0 Å². The lowest BCUT2D eigenvalue weighted by Gasteiger charge is -2.22. The van der Waals surface area contributed by atoms with Gasteiger partial charge in [-0.2, -0.15) is 0 Å². The van der Waals surface area contributed by atoms with Gasteiger partial charge in [0, 0.05) is 22.5 Å². The smallest absolute Gasteiger partial charge is 0.134 e. The summed E-state index contributed by atoms with van der Waals surface area (Å²) in [5.41, 5.74) is 5.98. The topological polar surface area (TPSA) is 46.0 Å². The Morgan fingerprint density at radius 3 is 1.56 bits per heavy atom. The van der Waals surface area contributed by atoms with Crippen LogP contribution in [0.1, 0.15) is 37.7 Å². The molecule has 2 heterocycles. The van der Waals surface area contributed by atoms with Crippen molar-refractivity contribution in [2.24, 2.45) is 0 Å². The van der Waals surface area contributed by atoms with Crippen molar-refractivity contribution in [1.29, 1.82) is 0 Å². The summed E-state index contributed by atoms with van der Waals surface area (Å²) in [6.07, 6.45) is 0. The SMILES string of the molecule is Cc1cccc(-c2cc(C(C)(C)C)cc(-c3cccc(C)n3)c2O)n1. The highest BCUT2D eigenvalue weighted by Gasteiger charge is 2.21. The van der Waals surface area contributed by atoms with Crippen LogP contribution in [0.2, 0.25) is 0 Å². The van der Waals surface area contributed by atoms with Crippen molar-refractivity contribution >= 4 is 0 Å². The number of hydrogen-bond donors (Lipinski definition) is 1. The largest absolute Gasteiger partial charge is 0.507 e. The molecule has 1 N–H and O–H groups in total. The lowest BCUT2D eigenvalue weighted by atomic mass is 9.83. The predicted octanol–water partition coefficient (Wildman–Crippen LogP) is 5.43. The molecule has 0 spiro atoms. The fraction of sp³-hybridized carbons (Fsp3) is 0.273. The van der Waals surface area contributed by atoms with Gasteiger partial charge >= 0.3 is 0 Å². The number of hydrogen-bond acceptors (Lipinski definition) is 3. The summed E-state index contributed by atoms with van der Waals surface area (Å²) in [6.45, 7) is 10.4. The van der Waals surface area contributed by atoms with E-state index in [1.54, 1.807) is 0 Å². The van der Waals surface area contributed by atoms with Gasteiger partial charge in [-0.1, -0.05) is 32.9 Å². The Morgan fingerprint density at radius 2 is 1.20 bits per heavy atom. The molecule has 25 heavy (non-hydrogen) atoms. The van der Waals surface area contributed by atoms with Gasteiger partial charge in [-0.25, -0.2) is 0 Å². The van der Waals surface area contributed by atoms with Gasteiger partial charge in [0.05, 0.1) is 11.4 Å². The minimum absolute atomic E-state index is 0.0507. The number of pyridine rings is 2. The number of aromatic hydroxyl groups is 1. The van der Waals surface area contributed by atoms with Crippen LogP contribution in [0.5, 0.6) is 5.75 Å². The Hall–Kier alpha value is -2.68. The maximum atomic E-state index is 11.0. The third-order valence-corrected chi connectivity index (χ3v) is 4.30. The van der Waals surface area contributed by atoms with Crippen molar-refractivity contribution in [2.45, 2.75) is 40.0 Å². The standard InChI is InChI=1S/C22H24N2O/c1-14-8-6-10-19(23-14)17-12-16(22(3,4)5)13-18(21(17)25)20-11-7-9-15(2)24-20/h6-13,25H,1-5H3. The van der Waals surface area contributed by atoms with E-state index in [2.05, 4.69) is 30.7 Å². The van der Waals surface area contributed by atoms with Gasteiger partial charge in [0.15, 0.2) is 0 Å². The number of phenols is 1. The lowest BCUT2D eigenvalue weighted by molar-refractivity contribution is 0.477. The van der Waals surface area contributed by atoms with Crippen LogP contribution in [-0.4, -0.2) is 15.1 Å². The molecular weight excluding hydrogens is 308 g/mol. The average molecular weight is 332 g/mol. The Morgan fingerprint density at radius 1 is 0.760 bits per heavy atom. The van der Waals surface area contributed by atoms with E-state index in [0.29, 0.717) is 0 Å². The van der Waals surface area contributed by atoms with Gasteiger partial charge in [-0.15, -0.1) is 0 Å². The van der Waals surface area contributed by atoms with E-state index in [1.165, 1.54) is 0 Å². The monoisotopic (exact) mass is 332 g/mol. The molecule has 3 heteroatoms. The Kier molecular flexibility index (Phi) is 4.34. The minimum Gasteiger partial charge on any atom is -0.507 e. The molecule has 128 valence electrons. The van der Waals surface area contributed by atoms with Gasteiger partial charge in [-0.05, 0) is 61.2 Å². The molecule has 0 amide bonds. The average Bonchev–Trinajstić information content (AvgIpc) is 2.54. The molecule has 0 atom stereocenters. The summed E-state index contributed by atoms with van der Waals surface area (Å²) in [6, 6.07) is 15.8. The Balaban J connectivity index is 2.30. The van der Waals surface area contributed by atoms with E-state index in [9.17, 15) is 5.11 Å². The first-order valence-electron chi connectivity index (χ1n) is 8.51. The molecular formula is C22H24N2O. The summed E-state index contributed by atoms with van der Waals surface area (Å²) < 4.78 is 0. The van der Waals surface area contributed by atoms with Crippen molar-refractivity contribution in [3.63, 3.8) is 0 Å². The third kappa shape index (κ3) is 3.55. The second-order valence-electron chi connectivity index (χ2n) is 7.50. The molecule has 2 aromatic heterocycles. The molecule has 0 bridgehead atoms. The first-order chi connectivity index (χ1) is 11.8. The highest BCUT2D eigenvalue weighted by Crippen LogP contribution is 2.40. The molecule has 0 radical (unpaired) electrons. The zero-order valence-electron chi connectivity index (χ0n) is 15.5. The molecule has 3 aromatic rings. The van der Waals surface area contributed by atoms with Crippen LogP contribution in [0, 0.1) is 13.8 Å². The second-order valence-corrected chi connectivity index (χ2v) is 7.50. The minimum atomic E-state index is -0.0507. The van der Waals surface area contributed by atoms with Crippen molar-refractivity contribution in [3.8, 4) is 28.3 Å². The maximum Gasteiger partial charge on any atom is 0.134 e. The summed E-state index contributed by atoms with van der Waals surface area (Å²) >= 11 is 0. The van der Waals surface area contributed by atoms with Gasteiger partial charge < -0.3 is 5.11 Å². The summed E-state index contributed by atoms with van der Waals surface area (Å²) in [7, 11) is 0. The lowest BCUT2D eigenvalue weighted by Crippen LogP contribution is -2.11. The first-order valence-corrected chi connectivity index (χ1v) is 8.51. The maximum absolute atomic E-state index is 11.0. The summed E-state index contributed by atoms with van der Waals surface area (Å²) in [5.74, 6) is 0.226. The summed E-state index contributed by atoms with van der Waals surface area (Å²) in [4.78, 5) is 9.20. The molecule has 0 saturated carbocycles. The van der Waals surface area contributed by atoms with Crippen LogP contribution >= 0.6 is 0 Å². The van der Waals surface area contributed by atoms with Crippen LogP contribution in [0.4, 0.5) is 0 Å². The van der Waals surface area contributed by atoms with E-state index in [0.717, 1.165) is 39.5 Å². The Labute approximate surface area is 149 Å². The van der Waals surface area contributed by atoms with Gasteiger partial charge in [0.1, 0.15) is 5.75 Å². The zero-order chi connectivity index (χ0) is 18.2. The van der Waals surface area contributed by atoms with E-state index in [-0.39, 0.29) is 11.2 Å². The first kappa shape index (κ1) is 17.2. The van der Waals surface area contributed by atoms with Crippen LogP contribution in [0.25, 0.3) is 22.5 Å². The van der Waals surface area contributed by atoms with Crippen molar-refractivity contribution in [2.75, 3.05) is 0 Å². The second kappa shape index (κ2) is 6.32. The van der Waals surface area contributed by atoms with Crippen molar-refractivity contribution in [1.82, 2.24) is 9.97 Å². The fourth-order valence-corrected chi connectivity index (χ4v) is 2.84. The zero-order valence-corrected chi connectivity index (χ0v) is 15.5. The van der Waals surface area contributed by atoms with Gasteiger partial charge in [0.2, 0.25) is 0 Å². The van der Waals surface area contributed by atoms with E-state index in [1.807, 2.05) is 62.4 Å². The van der Waals surface area contributed by atoms with Crippen LogP contribution in [0.3, 0.4) is 0 Å². The third-order valence-electron chi connectivity index (χ3n) is 4.30. The number of rotatable bonds is 2. The molecule has 0 fully saturated rings. The molecule has 0 aliphatic heterocycles. The number of aryl methyl sites for hydroxylation is 2. The van der Waals surface area contributed by atoms with E-state index < -0.39 is 0 Å². The Bertz CT molecular complexity index is 857. The highest BCUT2D eigenvalue weighted by atomic mass is 16.3.